The van der Waals surface area contributed by atoms with Crippen LogP contribution in [0.3, 0.4) is 0 Å². The quantitative estimate of drug-likeness (QED) is 0.254. The van der Waals surface area contributed by atoms with Crippen LogP contribution in [0.1, 0.15) is 62.7 Å². The molecule has 180 valence electrons. The Balaban J connectivity index is 1.62. The van der Waals surface area contributed by atoms with Crippen LogP contribution in [0.2, 0.25) is 10.0 Å². The molecule has 3 aromatic heterocycles. The van der Waals surface area contributed by atoms with E-state index >= 15 is 0 Å². The summed E-state index contributed by atoms with van der Waals surface area (Å²) < 4.78 is 7.48. The highest BCUT2D eigenvalue weighted by Gasteiger charge is 2.27. The minimum Gasteiger partial charge on any atom is -0.332 e. The number of hydrogen-bond donors (Lipinski definition) is 0. The maximum absolute atomic E-state index is 6.61. The lowest BCUT2D eigenvalue weighted by Crippen LogP contribution is -2.13. The zero-order chi connectivity index (χ0) is 24.7. The van der Waals surface area contributed by atoms with Crippen molar-refractivity contribution in [2.75, 3.05) is 0 Å². The molecule has 0 amide bonds. The number of hydrogen-bond acceptors (Lipinski definition) is 5. The van der Waals surface area contributed by atoms with Crippen molar-refractivity contribution in [2.24, 2.45) is 5.92 Å². The maximum Gasteiger partial charge on any atom is 0.278 e. The summed E-state index contributed by atoms with van der Waals surface area (Å²) in [7, 11) is 0. The van der Waals surface area contributed by atoms with E-state index in [1.807, 2.05) is 38.4 Å². The van der Waals surface area contributed by atoms with Gasteiger partial charge in [0.05, 0.1) is 26.2 Å². The second kappa shape index (κ2) is 9.46. The number of thiophene rings is 1. The van der Waals surface area contributed by atoms with Crippen molar-refractivity contribution < 1.29 is 4.52 Å². The van der Waals surface area contributed by atoms with Crippen molar-refractivity contribution >= 4 is 34.5 Å². The summed E-state index contributed by atoms with van der Waals surface area (Å²) in [6.07, 6.45) is 4.97. The molecule has 0 saturated heterocycles. The molecule has 0 bridgehead atoms. The summed E-state index contributed by atoms with van der Waals surface area (Å²) in [4.78, 5) is 6.72. The van der Waals surface area contributed by atoms with E-state index in [2.05, 4.69) is 34.1 Å². The molecule has 0 N–H and O–H groups in total. The average molecular weight is 526 g/mol. The molecule has 0 aliphatic heterocycles. The first-order valence-corrected chi connectivity index (χ1v) is 13.3. The van der Waals surface area contributed by atoms with Crippen molar-refractivity contribution in [3.05, 3.63) is 56.6 Å². The first kappa shape index (κ1) is 24.1. The molecule has 1 aliphatic rings. The number of halogens is 2. The summed E-state index contributed by atoms with van der Waals surface area (Å²) >= 11 is 14.4. The van der Waals surface area contributed by atoms with Gasteiger partial charge in [0.15, 0.2) is 11.5 Å². The SMILES string of the molecule is Cc1c(-c2nc(C(C)(C)C)no2)nn(-c2ccc(Cl)cc2Cl)c1-c1ccc(C#CC2CCCC2)s1. The molecular formula is C27H26Cl2N4OS. The Morgan fingerprint density at radius 2 is 1.89 bits per heavy atom. The predicted molar refractivity (Wildman–Crippen MR) is 142 cm³/mol. The largest absolute Gasteiger partial charge is 0.332 e. The molecule has 1 aromatic carbocycles. The van der Waals surface area contributed by atoms with Crippen LogP contribution in [0.5, 0.6) is 0 Å². The highest BCUT2D eigenvalue weighted by atomic mass is 35.5. The van der Waals surface area contributed by atoms with Crippen LogP contribution in [-0.4, -0.2) is 19.9 Å². The van der Waals surface area contributed by atoms with Gasteiger partial charge in [0.2, 0.25) is 0 Å². The van der Waals surface area contributed by atoms with Gasteiger partial charge in [-0.05, 0) is 50.1 Å². The average Bonchev–Trinajstić information content (AvgIpc) is 3.58. The highest BCUT2D eigenvalue weighted by molar-refractivity contribution is 7.16. The first-order valence-electron chi connectivity index (χ1n) is 11.7. The summed E-state index contributed by atoms with van der Waals surface area (Å²) in [5, 5.41) is 10.2. The van der Waals surface area contributed by atoms with Gasteiger partial charge >= 0.3 is 0 Å². The fourth-order valence-corrected chi connectivity index (χ4v) is 5.66. The van der Waals surface area contributed by atoms with Crippen LogP contribution in [0.25, 0.3) is 27.8 Å². The van der Waals surface area contributed by atoms with Gasteiger partial charge in [0.25, 0.3) is 5.89 Å². The predicted octanol–water partition coefficient (Wildman–Crippen LogP) is 8.11. The van der Waals surface area contributed by atoms with Gasteiger partial charge in [0, 0.05) is 21.9 Å². The highest BCUT2D eigenvalue weighted by Crippen LogP contribution is 2.39. The number of benzene rings is 1. The third-order valence-corrected chi connectivity index (χ3v) is 7.70. The molecule has 8 heteroatoms. The summed E-state index contributed by atoms with van der Waals surface area (Å²) in [5.74, 6) is 8.38. The second-order valence-corrected chi connectivity index (χ2v) is 11.8. The lowest BCUT2D eigenvalue weighted by molar-refractivity contribution is 0.401. The maximum atomic E-state index is 6.61. The van der Waals surface area contributed by atoms with Crippen LogP contribution in [0, 0.1) is 24.7 Å². The molecule has 35 heavy (non-hydrogen) atoms. The molecule has 5 nitrogen and oxygen atoms in total. The zero-order valence-electron chi connectivity index (χ0n) is 20.2. The van der Waals surface area contributed by atoms with Crippen LogP contribution >= 0.6 is 34.5 Å². The van der Waals surface area contributed by atoms with Gasteiger partial charge in [-0.25, -0.2) is 4.68 Å². The molecular weight excluding hydrogens is 499 g/mol. The van der Waals surface area contributed by atoms with Crippen LogP contribution in [0.4, 0.5) is 0 Å². The Bertz CT molecular complexity index is 1440. The fraction of sp³-hybridized carbons (Fsp3) is 0.370. The zero-order valence-corrected chi connectivity index (χ0v) is 22.5. The Morgan fingerprint density at radius 3 is 2.57 bits per heavy atom. The van der Waals surface area contributed by atoms with Gasteiger partial charge in [-0.2, -0.15) is 10.1 Å². The number of aromatic nitrogens is 4. The standard InChI is InChI=1S/C27H26Cl2N4OS/c1-16-23(25-30-26(32-34-25)27(2,3)4)31-33(21-13-10-18(28)15-20(21)29)24(16)22-14-12-19(35-22)11-9-17-7-5-6-8-17/h10,12-15,17H,5-8H2,1-4H3. The molecule has 1 fully saturated rings. The van der Waals surface area contributed by atoms with Gasteiger partial charge in [-0.15, -0.1) is 11.3 Å². The van der Waals surface area contributed by atoms with Gasteiger partial charge < -0.3 is 4.52 Å². The lowest BCUT2D eigenvalue weighted by Gasteiger charge is -2.10. The van der Waals surface area contributed by atoms with E-state index in [0.717, 1.165) is 26.7 Å². The molecule has 1 saturated carbocycles. The van der Waals surface area contributed by atoms with Crippen molar-refractivity contribution in [1.29, 1.82) is 0 Å². The van der Waals surface area contributed by atoms with Crippen LogP contribution in [0.15, 0.2) is 34.9 Å². The molecule has 4 aromatic rings. The number of rotatable bonds is 3. The minimum atomic E-state index is -0.235. The van der Waals surface area contributed by atoms with Crippen molar-refractivity contribution in [3.8, 4) is 39.7 Å². The van der Waals surface area contributed by atoms with E-state index in [-0.39, 0.29) is 5.41 Å². The summed E-state index contributed by atoms with van der Waals surface area (Å²) in [6, 6.07) is 9.56. The van der Waals surface area contributed by atoms with E-state index in [0.29, 0.717) is 33.4 Å². The second-order valence-electron chi connectivity index (χ2n) is 9.92. The molecule has 3 heterocycles. The molecule has 1 aliphatic carbocycles. The van der Waals surface area contributed by atoms with E-state index in [1.165, 1.54) is 25.7 Å². The van der Waals surface area contributed by atoms with E-state index < -0.39 is 0 Å². The monoisotopic (exact) mass is 524 g/mol. The fourth-order valence-electron chi connectivity index (χ4n) is 4.22. The van der Waals surface area contributed by atoms with Crippen LogP contribution < -0.4 is 0 Å². The topological polar surface area (TPSA) is 56.7 Å². The molecule has 0 spiro atoms. The molecule has 0 atom stereocenters. The van der Waals surface area contributed by atoms with Crippen molar-refractivity contribution in [1.82, 2.24) is 19.9 Å². The molecule has 0 radical (unpaired) electrons. The Labute approximate surface area is 219 Å². The normalized spacial score (nSPS) is 14.3. The summed E-state index contributed by atoms with van der Waals surface area (Å²) in [5.41, 5.74) is 2.96. The van der Waals surface area contributed by atoms with Gasteiger partial charge in [0.1, 0.15) is 0 Å². The van der Waals surface area contributed by atoms with Crippen molar-refractivity contribution in [2.45, 2.75) is 58.8 Å². The third-order valence-electron chi connectivity index (χ3n) is 6.15. The van der Waals surface area contributed by atoms with Gasteiger partial charge in [-0.1, -0.05) is 73.8 Å². The Hall–Kier alpha value is -2.59. The minimum absolute atomic E-state index is 0.235. The summed E-state index contributed by atoms with van der Waals surface area (Å²) in [6.45, 7) is 8.16. The smallest absolute Gasteiger partial charge is 0.278 e. The van der Waals surface area contributed by atoms with E-state index in [9.17, 15) is 0 Å². The van der Waals surface area contributed by atoms with Crippen molar-refractivity contribution in [3.63, 3.8) is 0 Å². The number of nitrogens with zero attached hydrogens (tertiary/aromatic N) is 4. The Morgan fingerprint density at radius 1 is 1.11 bits per heavy atom. The van der Waals surface area contributed by atoms with Crippen LogP contribution in [-0.2, 0) is 5.41 Å². The van der Waals surface area contributed by atoms with E-state index in [4.69, 9.17) is 32.8 Å². The molecule has 5 rings (SSSR count). The van der Waals surface area contributed by atoms with E-state index in [1.54, 1.807) is 23.5 Å². The first-order chi connectivity index (χ1) is 16.7. The Kier molecular flexibility index (Phi) is 6.52. The third kappa shape index (κ3) is 4.91. The molecule has 0 unspecified atom stereocenters. The lowest BCUT2D eigenvalue weighted by atomic mass is 9.96. The van der Waals surface area contributed by atoms with Gasteiger partial charge in [-0.3, -0.25) is 0 Å².